The van der Waals surface area contributed by atoms with Gasteiger partial charge < -0.3 is 5.73 Å². The smallest absolute Gasteiger partial charge is 0.149 e. The highest BCUT2D eigenvalue weighted by Gasteiger charge is 2.20. The van der Waals surface area contributed by atoms with Crippen LogP contribution in [0.1, 0.15) is 31.1 Å². The first kappa shape index (κ1) is 8.94. The molecule has 72 valence electrons. The van der Waals surface area contributed by atoms with Gasteiger partial charge in [-0.25, -0.2) is 0 Å². The first-order valence-electron chi connectivity index (χ1n) is 4.63. The normalized spacial score (nSPS) is 16.2. The maximum atomic E-state index is 5.85. The molecule has 0 amide bonds. The van der Waals surface area contributed by atoms with Gasteiger partial charge in [-0.3, -0.25) is 4.68 Å². The average molecular weight is 197 g/mol. The molecule has 0 atom stereocenters. The monoisotopic (exact) mass is 197 g/mol. The minimum absolute atomic E-state index is 0.425. The fraction of sp³-hybridized carbons (Fsp3) is 0.667. The van der Waals surface area contributed by atoms with Crippen LogP contribution in [0.4, 0.5) is 5.82 Å². The Balaban J connectivity index is 2.47. The van der Waals surface area contributed by atoms with Gasteiger partial charge in [0.2, 0.25) is 0 Å². The zero-order valence-corrected chi connectivity index (χ0v) is 8.90. The molecule has 0 radical (unpaired) electrons. The maximum absolute atomic E-state index is 5.85. The number of rotatable bonds is 1. The summed E-state index contributed by atoms with van der Waals surface area (Å²) >= 11 is 1.94. The minimum Gasteiger partial charge on any atom is -0.382 e. The maximum Gasteiger partial charge on any atom is 0.149 e. The average Bonchev–Trinajstić information content (AvgIpc) is 2.45. The molecular weight excluding hydrogens is 182 g/mol. The molecule has 13 heavy (non-hydrogen) atoms. The van der Waals surface area contributed by atoms with E-state index in [2.05, 4.69) is 23.6 Å². The molecule has 2 heterocycles. The zero-order chi connectivity index (χ0) is 9.42. The lowest BCUT2D eigenvalue weighted by atomic mass is 10.2. The summed E-state index contributed by atoms with van der Waals surface area (Å²) in [6.07, 6.45) is 1.11. The quantitative estimate of drug-likeness (QED) is 0.747. The lowest BCUT2D eigenvalue weighted by molar-refractivity contribution is 0.512. The van der Waals surface area contributed by atoms with Crippen molar-refractivity contribution in [3.05, 3.63) is 11.3 Å². The molecule has 1 aliphatic heterocycles. The second-order valence-corrected chi connectivity index (χ2v) is 4.76. The van der Waals surface area contributed by atoms with Crippen molar-refractivity contribution in [1.82, 2.24) is 9.78 Å². The molecule has 0 aliphatic carbocycles. The number of thioether (sulfide) groups is 1. The third-order valence-corrected chi connectivity index (χ3v) is 3.35. The Kier molecular flexibility index (Phi) is 2.24. The van der Waals surface area contributed by atoms with Crippen LogP contribution in [0.2, 0.25) is 0 Å². The Bertz CT molecular complexity index is 317. The number of hydrogen-bond acceptors (Lipinski definition) is 3. The van der Waals surface area contributed by atoms with Gasteiger partial charge in [0.05, 0.1) is 0 Å². The lowest BCUT2D eigenvalue weighted by Gasteiger charge is -2.15. The summed E-state index contributed by atoms with van der Waals surface area (Å²) < 4.78 is 2.07. The highest BCUT2D eigenvalue weighted by molar-refractivity contribution is 7.98. The van der Waals surface area contributed by atoms with Crippen LogP contribution in [0.5, 0.6) is 0 Å². The summed E-state index contributed by atoms with van der Waals surface area (Å²) in [5.74, 6) is 2.97. The molecule has 1 aromatic heterocycles. The molecule has 0 saturated carbocycles. The van der Waals surface area contributed by atoms with Gasteiger partial charge in [-0.05, 0) is 26.0 Å². The van der Waals surface area contributed by atoms with Crippen LogP contribution in [0.25, 0.3) is 0 Å². The van der Waals surface area contributed by atoms with Crippen LogP contribution in [-0.2, 0) is 12.2 Å². The summed E-state index contributed by atoms with van der Waals surface area (Å²) in [6.45, 7) is 4.29. The molecule has 0 bridgehead atoms. The van der Waals surface area contributed by atoms with Crippen LogP contribution in [0, 0.1) is 0 Å². The van der Waals surface area contributed by atoms with Gasteiger partial charge in [-0.2, -0.15) is 16.9 Å². The summed E-state index contributed by atoms with van der Waals surface area (Å²) in [7, 11) is 0. The number of nitrogens with two attached hydrogens (primary N) is 1. The predicted octanol–water partition coefficient (Wildman–Crippen LogP) is 1.84. The van der Waals surface area contributed by atoms with Crippen molar-refractivity contribution in [3.8, 4) is 0 Å². The highest BCUT2D eigenvalue weighted by Crippen LogP contribution is 2.30. The number of hydrogen-bond donors (Lipinski definition) is 1. The van der Waals surface area contributed by atoms with Gasteiger partial charge >= 0.3 is 0 Å². The Morgan fingerprint density at radius 1 is 1.54 bits per heavy atom. The van der Waals surface area contributed by atoms with Crippen molar-refractivity contribution < 1.29 is 0 Å². The number of fused-ring (bicyclic) bond motifs is 1. The Morgan fingerprint density at radius 3 is 3.00 bits per heavy atom. The van der Waals surface area contributed by atoms with E-state index in [9.17, 15) is 0 Å². The lowest BCUT2D eigenvalue weighted by Crippen LogP contribution is -2.11. The summed E-state index contributed by atoms with van der Waals surface area (Å²) in [5.41, 5.74) is 8.48. The summed E-state index contributed by atoms with van der Waals surface area (Å²) in [5, 5.41) is 4.37. The van der Waals surface area contributed by atoms with Gasteiger partial charge in [-0.15, -0.1) is 0 Å². The van der Waals surface area contributed by atoms with E-state index in [1.807, 2.05) is 11.8 Å². The summed E-state index contributed by atoms with van der Waals surface area (Å²) in [6, 6.07) is 0.425. The van der Waals surface area contributed by atoms with Crippen LogP contribution in [-0.4, -0.2) is 15.5 Å². The van der Waals surface area contributed by atoms with E-state index in [0.717, 1.165) is 18.0 Å². The van der Waals surface area contributed by atoms with Gasteiger partial charge in [0.1, 0.15) is 5.82 Å². The number of nitrogens with zero attached hydrogens (tertiary/aromatic N) is 2. The fourth-order valence-electron chi connectivity index (χ4n) is 1.72. The molecule has 4 heteroatoms. The van der Waals surface area contributed by atoms with Crippen LogP contribution in [0.3, 0.4) is 0 Å². The summed E-state index contributed by atoms with van der Waals surface area (Å²) in [4.78, 5) is 0. The van der Waals surface area contributed by atoms with Gasteiger partial charge in [-0.1, -0.05) is 0 Å². The van der Waals surface area contributed by atoms with Gasteiger partial charge in [0.25, 0.3) is 0 Å². The Labute approximate surface area is 82.7 Å². The molecule has 2 rings (SSSR count). The van der Waals surface area contributed by atoms with E-state index >= 15 is 0 Å². The number of aromatic nitrogens is 2. The van der Waals surface area contributed by atoms with Crippen molar-refractivity contribution in [2.75, 3.05) is 11.5 Å². The molecule has 1 aliphatic rings. The third-order valence-electron chi connectivity index (χ3n) is 2.37. The van der Waals surface area contributed by atoms with Crippen molar-refractivity contribution in [2.24, 2.45) is 0 Å². The topological polar surface area (TPSA) is 43.8 Å². The van der Waals surface area contributed by atoms with Crippen molar-refractivity contribution in [3.63, 3.8) is 0 Å². The second kappa shape index (κ2) is 3.25. The SMILES string of the molecule is CC(C)n1nc(N)c2c1CCSC2. The number of nitrogen functional groups attached to an aromatic ring is 1. The van der Waals surface area contributed by atoms with E-state index in [0.29, 0.717) is 6.04 Å². The first-order valence-corrected chi connectivity index (χ1v) is 5.79. The zero-order valence-electron chi connectivity index (χ0n) is 8.08. The standard InChI is InChI=1S/C9H15N3S/c1-6(2)12-8-3-4-13-5-7(8)9(10)11-12/h6H,3-5H2,1-2H3,(H2,10,11). The third kappa shape index (κ3) is 1.43. The van der Waals surface area contributed by atoms with Crippen molar-refractivity contribution in [2.45, 2.75) is 32.1 Å². The molecule has 0 aromatic carbocycles. The molecule has 0 unspecified atom stereocenters. The van der Waals surface area contributed by atoms with Crippen LogP contribution in [0.15, 0.2) is 0 Å². The molecular formula is C9H15N3S. The molecule has 0 spiro atoms. The Morgan fingerprint density at radius 2 is 2.31 bits per heavy atom. The van der Waals surface area contributed by atoms with Gasteiger partial charge in [0, 0.05) is 23.1 Å². The minimum atomic E-state index is 0.425. The van der Waals surface area contributed by atoms with E-state index in [-0.39, 0.29) is 0 Å². The van der Waals surface area contributed by atoms with E-state index in [1.165, 1.54) is 17.0 Å². The molecule has 0 fully saturated rings. The largest absolute Gasteiger partial charge is 0.382 e. The van der Waals surface area contributed by atoms with Crippen LogP contribution < -0.4 is 5.73 Å². The van der Waals surface area contributed by atoms with E-state index in [1.54, 1.807) is 0 Å². The first-order chi connectivity index (χ1) is 6.20. The molecule has 1 aromatic rings. The van der Waals surface area contributed by atoms with E-state index < -0.39 is 0 Å². The number of anilines is 1. The van der Waals surface area contributed by atoms with Crippen molar-refractivity contribution >= 4 is 17.6 Å². The van der Waals surface area contributed by atoms with Gasteiger partial charge in [0.15, 0.2) is 0 Å². The second-order valence-electron chi connectivity index (χ2n) is 3.65. The molecule has 3 nitrogen and oxygen atoms in total. The molecule has 2 N–H and O–H groups in total. The van der Waals surface area contributed by atoms with E-state index in [4.69, 9.17) is 5.73 Å². The fourth-order valence-corrected chi connectivity index (χ4v) is 2.72. The molecule has 0 saturated heterocycles. The highest BCUT2D eigenvalue weighted by atomic mass is 32.2. The van der Waals surface area contributed by atoms with Crippen LogP contribution >= 0.6 is 11.8 Å². The van der Waals surface area contributed by atoms with Crippen molar-refractivity contribution in [1.29, 1.82) is 0 Å². The predicted molar refractivity (Wildman–Crippen MR) is 56.9 cm³/mol. The Hall–Kier alpha value is -0.640.